The maximum Gasteiger partial charge on any atom is 0.356 e. The van der Waals surface area contributed by atoms with Crippen molar-refractivity contribution in [2.75, 3.05) is 6.61 Å². The van der Waals surface area contributed by atoms with E-state index in [0.717, 1.165) is 0 Å². The fourth-order valence-corrected chi connectivity index (χ4v) is 1.91. The molecule has 2 aromatic rings. The van der Waals surface area contributed by atoms with Crippen molar-refractivity contribution in [1.29, 1.82) is 0 Å². The van der Waals surface area contributed by atoms with Crippen LogP contribution in [0.4, 0.5) is 0 Å². The van der Waals surface area contributed by atoms with Crippen molar-refractivity contribution in [2.24, 2.45) is 0 Å². The first-order valence-corrected chi connectivity index (χ1v) is 6.04. The van der Waals surface area contributed by atoms with Crippen LogP contribution in [0.25, 0.3) is 5.69 Å². The summed E-state index contributed by atoms with van der Waals surface area (Å²) in [6.07, 6.45) is 2.92. The van der Waals surface area contributed by atoms with Crippen LogP contribution in [0.2, 0.25) is 10.0 Å². The molecule has 1 aromatic carbocycles. The first kappa shape index (κ1) is 12.9. The molecule has 0 aliphatic carbocycles. The van der Waals surface area contributed by atoms with Gasteiger partial charge in [-0.3, -0.25) is 4.57 Å². The Morgan fingerprint density at radius 2 is 2.22 bits per heavy atom. The topological polar surface area (TPSA) is 44.1 Å². The Kier molecular flexibility index (Phi) is 3.89. The normalized spacial score (nSPS) is 10.4. The number of carbonyl (C=O) groups is 1. The lowest BCUT2D eigenvalue weighted by Crippen LogP contribution is -2.10. The number of rotatable bonds is 3. The molecule has 0 spiro atoms. The molecular weight excluding hydrogens is 275 g/mol. The van der Waals surface area contributed by atoms with E-state index >= 15 is 0 Å². The molecule has 0 fully saturated rings. The van der Waals surface area contributed by atoms with Crippen LogP contribution in [0.15, 0.2) is 30.7 Å². The van der Waals surface area contributed by atoms with Crippen molar-refractivity contribution in [1.82, 2.24) is 9.55 Å². The van der Waals surface area contributed by atoms with E-state index in [1.807, 2.05) is 0 Å². The number of hydrogen-bond acceptors (Lipinski definition) is 3. The Bertz CT molecular complexity index is 581. The maximum atomic E-state index is 11.7. The minimum absolute atomic E-state index is 0.299. The van der Waals surface area contributed by atoms with Crippen LogP contribution < -0.4 is 0 Å². The Labute approximate surface area is 114 Å². The largest absolute Gasteiger partial charge is 0.461 e. The zero-order chi connectivity index (χ0) is 13.1. The van der Waals surface area contributed by atoms with Crippen LogP contribution in [-0.4, -0.2) is 22.1 Å². The third kappa shape index (κ3) is 2.35. The quantitative estimate of drug-likeness (QED) is 0.812. The third-order valence-electron chi connectivity index (χ3n) is 2.31. The summed E-state index contributed by atoms with van der Waals surface area (Å²) in [5.41, 5.74) is 0.894. The molecule has 0 aliphatic rings. The maximum absolute atomic E-state index is 11.7. The molecule has 0 atom stereocenters. The fourth-order valence-electron chi connectivity index (χ4n) is 1.52. The number of nitrogens with zero attached hydrogens (tertiary/aromatic N) is 2. The molecule has 4 nitrogen and oxygen atoms in total. The van der Waals surface area contributed by atoms with Crippen molar-refractivity contribution < 1.29 is 9.53 Å². The molecule has 0 unspecified atom stereocenters. The molecule has 0 radical (unpaired) electrons. The molecule has 0 bridgehead atoms. The van der Waals surface area contributed by atoms with Gasteiger partial charge in [0, 0.05) is 0 Å². The second-order valence-electron chi connectivity index (χ2n) is 3.44. The molecule has 0 saturated heterocycles. The second-order valence-corrected chi connectivity index (χ2v) is 4.23. The van der Waals surface area contributed by atoms with Crippen molar-refractivity contribution in [2.45, 2.75) is 6.92 Å². The van der Waals surface area contributed by atoms with Gasteiger partial charge >= 0.3 is 5.97 Å². The van der Waals surface area contributed by atoms with Gasteiger partial charge in [-0.15, -0.1) is 0 Å². The van der Waals surface area contributed by atoms with Crippen LogP contribution >= 0.6 is 23.2 Å². The first-order chi connectivity index (χ1) is 8.65. The summed E-state index contributed by atoms with van der Waals surface area (Å²) in [5.74, 6) is -0.453. The lowest BCUT2D eigenvalue weighted by Gasteiger charge is -2.09. The zero-order valence-electron chi connectivity index (χ0n) is 9.56. The number of benzene rings is 1. The highest BCUT2D eigenvalue weighted by Crippen LogP contribution is 2.29. The summed E-state index contributed by atoms with van der Waals surface area (Å²) in [7, 11) is 0. The summed E-state index contributed by atoms with van der Waals surface area (Å²) in [4.78, 5) is 15.7. The van der Waals surface area contributed by atoms with E-state index in [4.69, 9.17) is 27.9 Å². The molecule has 0 amide bonds. The number of esters is 1. The molecule has 0 aliphatic heterocycles. The highest BCUT2D eigenvalue weighted by Gasteiger charge is 2.16. The molecule has 6 heteroatoms. The van der Waals surface area contributed by atoms with Crippen LogP contribution in [0, 0.1) is 0 Å². The SMILES string of the molecule is CCOC(=O)c1cncn1-c1cccc(Cl)c1Cl. The highest BCUT2D eigenvalue weighted by atomic mass is 35.5. The van der Waals surface area contributed by atoms with Gasteiger partial charge in [0.05, 0.1) is 34.9 Å². The lowest BCUT2D eigenvalue weighted by atomic mass is 10.3. The Hall–Kier alpha value is -1.52. The van der Waals surface area contributed by atoms with E-state index in [1.54, 1.807) is 29.7 Å². The van der Waals surface area contributed by atoms with Crippen molar-refractivity contribution in [3.8, 4) is 5.69 Å². The smallest absolute Gasteiger partial charge is 0.356 e. The zero-order valence-corrected chi connectivity index (χ0v) is 11.1. The van der Waals surface area contributed by atoms with Crippen molar-refractivity contribution in [3.63, 3.8) is 0 Å². The fraction of sp³-hybridized carbons (Fsp3) is 0.167. The summed E-state index contributed by atoms with van der Waals surface area (Å²) in [6, 6.07) is 5.17. The molecule has 0 saturated carbocycles. The van der Waals surface area contributed by atoms with Gasteiger partial charge in [0.25, 0.3) is 0 Å². The standard InChI is InChI=1S/C12H10Cl2N2O2/c1-2-18-12(17)10-6-15-7-16(10)9-5-3-4-8(13)11(9)14/h3-7H,2H2,1H3. The van der Waals surface area contributed by atoms with E-state index in [0.29, 0.717) is 28.0 Å². The van der Waals surface area contributed by atoms with Crippen LogP contribution in [0.1, 0.15) is 17.4 Å². The molecule has 0 N–H and O–H groups in total. The first-order valence-electron chi connectivity index (χ1n) is 5.29. The lowest BCUT2D eigenvalue weighted by molar-refractivity contribution is 0.0517. The molecular formula is C12H10Cl2N2O2. The highest BCUT2D eigenvalue weighted by molar-refractivity contribution is 6.43. The molecule has 1 aromatic heterocycles. The van der Waals surface area contributed by atoms with Gasteiger partial charge in [-0.05, 0) is 19.1 Å². The minimum atomic E-state index is -0.453. The van der Waals surface area contributed by atoms with E-state index in [1.165, 1.54) is 12.5 Å². The van der Waals surface area contributed by atoms with Crippen LogP contribution in [0.5, 0.6) is 0 Å². The van der Waals surface area contributed by atoms with E-state index < -0.39 is 5.97 Å². The van der Waals surface area contributed by atoms with Gasteiger partial charge in [0.15, 0.2) is 5.69 Å². The molecule has 2 rings (SSSR count). The molecule has 18 heavy (non-hydrogen) atoms. The molecule has 1 heterocycles. The number of halogens is 2. The van der Waals surface area contributed by atoms with Crippen LogP contribution in [-0.2, 0) is 4.74 Å². The number of hydrogen-bond donors (Lipinski definition) is 0. The van der Waals surface area contributed by atoms with Gasteiger partial charge in [0.1, 0.15) is 0 Å². The minimum Gasteiger partial charge on any atom is -0.461 e. The average molecular weight is 285 g/mol. The van der Waals surface area contributed by atoms with Gasteiger partial charge in [0.2, 0.25) is 0 Å². The average Bonchev–Trinajstić information content (AvgIpc) is 2.82. The summed E-state index contributed by atoms with van der Waals surface area (Å²) in [5, 5.41) is 0.778. The van der Waals surface area contributed by atoms with Gasteiger partial charge in [-0.1, -0.05) is 29.3 Å². The van der Waals surface area contributed by atoms with Crippen LogP contribution in [0.3, 0.4) is 0 Å². The van der Waals surface area contributed by atoms with E-state index in [9.17, 15) is 4.79 Å². The second kappa shape index (κ2) is 5.42. The summed E-state index contributed by atoms with van der Waals surface area (Å²) >= 11 is 12.0. The van der Waals surface area contributed by atoms with E-state index in [2.05, 4.69) is 4.98 Å². The number of aromatic nitrogens is 2. The Morgan fingerprint density at radius 1 is 1.44 bits per heavy atom. The summed E-state index contributed by atoms with van der Waals surface area (Å²) in [6.45, 7) is 2.04. The number of ether oxygens (including phenoxy) is 1. The van der Waals surface area contributed by atoms with E-state index in [-0.39, 0.29) is 0 Å². The van der Waals surface area contributed by atoms with Gasteiger partial charge < -0.3 is 4.74 Å². The predicted octanol–water partition coefficient (Wildman–Crippen LogP) is 3.36. The molecule has 94 valence electrons. The number of imidazole rings is 1. The monoisotopic (exact) mass is 284 g/mol. The summed E-state index contributed by atoms with van der Waals surface area (Å²) < 4.78 is 6.49. The van der Waals surface area contributed by atoms with Gasteiger partial charge in [-0.25, -0.2) is 9.78 Å². The predicted molar refractivity (Wildman–Crippen MR) is 69.5 cm³/mol. The Balaban J connectivity index is 2.49. The number of carbonyl (C=O) groups excluding carboxylic acids is 1. The van der Waals surface area contributed by atoms with Crippen molar-refractivity contribution in [3.05, 3.63) is 46.5 Å². The third-order valence-corrected chi connectivity index (χ3v) is 3.12. The van der Waals surface area contributed by atoms with Gasteiger partial charge in [-0.2, -0.15) is 0 Å². The Morgan fingerprint density at radius 3 is 2.94 bits per heavy atom. The van der Waals surface area contributed by atoms with Crippen molar-refractivity contribution >= 4 is 29.2 Å².